The molecule has 0 bridgehead atoms. The molecule has 0 aliphatic heterocycles. The van der Waals surface area contributed by atoms with Gasteiger partial charge in [-0.2, -0.15) is 0 Å². The predicted octanol–water partition coefficient (Wildman–Crippen LogP) is 2.42. The predicted molar refractivity (Wildman–Crippen MR) is 95.5 cm³/mol. The average molecular weight is 378 g/mol. The molecule has 148 valence electrons. The monoisotopic (exact) mass is 378 g/mol. The molecule has 0 amide bonds. The first kappa shape index (κ1) is 18.8. The van der Waals surface area contributed by atoms with Crippen LogP contribution in [-0.2, 0) is 9.59 Å². The standard InChI is InChI=1S/C21H27FO5/c1-11-8-15-14-5-4-12-9-13(23)6-7-18(12,2)20(14,22)16(24)10-19(15,3)21(11,27)17(25)26/h6-7,9,11,14-16,24,27H,4-5,8,10H2,1-3H3,(H,25,26)/t11-,14?,15-,16-,18-,19-,20-,21-/m0/s1. The number of carboxylic acid groups (broad SMARTS) is 1. The quantitative estimate of drug-likeness (QED) is 0.651. The van der Waals surface area contributed by atoms with Gasteiger partial charge in [-0.15, -0.1) is 0 Å². The van der Waals surface area contributed by atoms with Gasteiger partial charge in [0, 0.05) is 16.7 Å². The van der Waals surface area contributed by atoms with E-state index in [1.54, 1.807) is 26.8 Å². The number of hydrogen-bond donors (Lipinski definition) is 3. The van der Waals surface area contributed by atoms with Crippen molar-refractivity contribution < 1.29 is 29.3 Å². The molecule has 3 fully saturated rings. The minimum absolute atomic E-state index is 0.123. The number of carboxylic acids is 1. The third kappa shape index (κ3) is 1.91. The van der Waals surface area contributed by atoms with Gasteiger partial charge in [0.2, 0.25) is 0 Å². The van der Waals surface area contributed by atoms with E-state index in [1.807, 2.05) is 0 Å². The molecule has 8 atom stereocenters. The number of hydrogen-bond acceptors (Lipinski definition) is 4. The number of rotatable bonds is 1. The van der Waals surface area contributed by atoms with Crippen molar-refractivity contribution in [2.45, 2.75) is 63.8 Å². The maximum absolute atomic E-state index is 16.8. The van der Waals surface area contributed by atoms with Crippen LogP contribution in [0.3, 0.4) is 0 Å². The normalized spacial score (nSPS) is 54.0. The van der Waals surface area contributed by atoms with Crippen molar-refractivity contribution >= 4 is 11.8 Å². The first-order chi connectivity index (χ1) is 12.4. The Hall–Kier alpha value is -1.53. The first-order valence-electron chi connectivity index (χ1n) is 9.70. The number of carbonyl (C=O) groups excluding carboxylic acids is 1. The minimum atomic E-state index is -2.00. The first-order valence-corrected chi connectivity index (χ1v) is 9.70. The second kappa shape index (κ2) is 5.29. The van der Waals surface area contributed by atoms with Gasteiger partial charge in [0.25, 0.3) is 0 Å². The zero-order chi connectivity index (χ0) is 20.0. The summed E-state index contributed by atoms with van der Waals surface area (Å²) in [7, 11) is 0. The molecule has 4 aliphatic carbocycles. The highest BCUT2D eigenvalue weighted by Gasteiger charge is 2.76. The van der Waals surface area contributed by atoms with E-state index in [0.717, 1.165) is 0 Å². The number of aliphatic hydroxyl groups is 2. The fraction of sp³-hybridized carbons (Fsp3) is 0.714. The smallest absolute Gasteiger partial charge is 0.336 e. The van der Waals surface area contributed by atoms with Crippen molar-refractivity contribution in [2.24, 2.45) is 28.6 Å². The molecule has 6 heteroatoms. The number of alkyl halides is 1. The fourth-order valence-electron chi connectivity index (χ4n) is 7.00. The van der Waals surface area contributed by atoms with Crippen molar-refractivity contribution in [1.82, 2.24) is 0 Å². The Labute approximate surface area is 158 Å². The maximum atomic E-state index is 16.8. The number of halogens is 1. The van der Waals surface area contributed by atoms with Crippen LogP contribution in [0.2, 0.25) is 0 Å². The second-order valence-corrected chi connectivity index (χ2v) is 9.47. The molecule has 4 rings (SSSR count). The number of aliphatic carboxylic acids is 1. The van der Waals surface area contributed by atoms with Gasteiger partial charge >= 0.3 is 5.97 Å². The summed E-state index contributed by atoms with van der Waals surface area (Å²) in [5.74, 6) is -2.94. The van der Waals surface area contributed by atoms with Crippen LogP contribution in [-0.4, -0.2) is 44.4 Å². The molecule has 0 aromatic heterocycles. The van der Waals surface area contributed by atoms with Gasteiger partial charge in [-0.3, -0.25) is 4.79 Å². The summed E-state index contributed by atoms with van der Waals surface area (Å²) in [6, 6.07) is 0. The van der Waals surface area contributed by atoms with Crippen molar-refractivity contribution in [3.63, 3.8) is 0 Å². The van der Waals surface area contributed by atoms with Gasteiger partial charge < -0.3 is 15.3 Å². The Morgan fingerprint density at radius 3 is 2.59 bits per heavy atom. The lowest BCUT2D eigenvalue weighted by atomic mass is 9.45. The minimum Gasteiger partial charge on any atom is -0.479 e. The molecule has 3 N–H and O–H groups in total. The highest BCUT2D eigenvalue weighted by atomic mass is 19.1. The van der Waals surface area contributed by atoms with Gasteiger partial charge in [-0.25, -0.2) is 9.18 Å². The van der Waals surface area contributed by atoms with E-state index in [4.69, 9.17) is 0 Å². The van der Waals surface area contributed by atoms with E-state index in [-0.39, 0.29) is 18.1 Å². The molecule has 4 aliphatic rings. The summed E-state index contributed by atoms with van der Waals surface area (Å²) < 4.78 is 16.8. The van der Waals surface area contributed by atoms with Gasteiger partial charge in [0.15, 0.2) is 17.1 Å². The SMILES string of the molecule is C[C@H]1C[C@H]2C3CCC4=CC(=O)C=C[C@]4(C)[C@@]3(F)[C@@H](O)C[C@]2(C)[C@@]1(O)C(=O)O. The van der Waals surface area contributed by atoms with Crippen LogP contribution in [0.1, 0.15) is 46.5 Å². The van der Waals surface area contributed by atoms with Crippen LogP contribution in [0.5, 0.6) is 0 Å². The molecule has 0 heterocycles. The van der Waals surface area contributed by atoms with Gasteiger partial charge in [-0.05, 0) is 56.6 Å². The molecule has 1 unspecified atom stereocenters. The second-order valence-electron chi connectivity index (χ2n) is 9.47. The zero-order valence-electron chi connectivity index (χ0n) is 15.9. The van der Waals surface area contributed by atoms with Crippen molar-refractivity contribution in [1.29, 1.82) is 0 Å². The number of ketones is 1. The van der Waals surface area contributed by atoms with Crippen molar-refractivity contribution in [2.75, 3.05) is 0 Å². The van der Waals surface area contributed by atoms with Crippen LogP contribution in [0.25, 0.3) is 0 Å². The molecule has 27 heavy (non-hydrogen) atoms. The van der Waals surface area contributed by atoms with Gasteiger partial charge in [-0.1, -0.05) is 25.5 Å². The molecule has 3 saturated carbocycles. The lowest BCUT2D eigenvalue weighted by Crippen LogP contribution is -2.69. The summed E-state index contributed by atoms with van der Waals surface area (Å²) in [6.45, 7) is 5.10. The Bertz CT molecular complexity index is 789. The van der Waals surface area contributed by atoms with E-state index in [2.05, 4.69) is 0 Å². The topological polar surface area (TPSA) is 94.8 Å². The maximum Gasteiger partial charge on any atom is 0.336 e. The molecule has 0 aromatic carbocycles. The van der Waals surface area contributed by atoms with Crippen LogP contribution >= 0.6 is 0 Å². The molecule has 0 spiro atoms. The lowest BCUT2D eigenvalue weighted by molar-refractivity contribution is -0.225. The molecular weight excluding hydrogens is 351 g/mol. The van der Waals surface area contributed by atoms with Gasteiger partial charge in [0.1, 0.15) is 0 Å². The highest BCUT2D eigenvalue weighted by Crippen LogP contribution is 2.70. The van der Waals surface area contributed by atoms with Crippen molar-refractivity contribution in [3.8, 4) is 0 Å². The van der Waals surface area contributed by atoms with E-state index in [9.17, 15) is 24.9 Å². The zero-order valence-corrected chi connectivity index (χ0v) is 15.9. The number of fused-ring (bicyclic) bond motifs is 5. The Morgan fingerprint density at radius 2 is 1.96 bits per heavy atom. The van der Waals surface area contributed by atoms with Crippen LogP contribution in [0.15, 0.2) is 23.8 Å². The lowest BCUT2D eigenvalue weighted by Gasteiger charge is -2.62. The van der Waals surface area contributed by atoms with E-state index < -0.39 is 46.0 Å². The fourth-order valence-corrected chi connectivity index (χ4v) is 7.00. The third-order valence-corrected chi connectivity index (χ3v) is 8.55. The van der Waals surface area contributed by atoms with Crippen LogP contribution in [0, 0.1) is 28.6 Å². The van der Waals surface area contributed by atoms with E-state index in [0.29, 0.717) is 24.8 Å². The average Bonchev–Trinajstić information content (AvgIpc) is 2.79. The van der Waals surface area contributed by atoms with Crippen LogP contribution in [0.4, 0.5) is 4.39 Å². The number of aliphatic hydroxyl groups excluding tert-OH is 1. The summed E-state index contributed by atoms with van der Waals surface area (Å²) in [6.07, 6.45) is 4.22. The molecule has 0 aromatic rings. The summed E-state index contributed by atoms with van der Waals surface area (Å²) in [5.41, 5.74) is -5.51. The third-order valence-electron chi connectivity index (χ3n) is 8.55. The molecule has 5 nitrogen and oxygen atoms in total. The van der Waals surface area contributed by atoms with Crippen molar-refractivity contribution in [3.05, 3.63) is 23.8 Å². The van der Waals surface area contributed by atoms with E-state index in [1.165, 1.54) is 12.2 Å². The summed E-state index contributed by atoms with van der Waals surface area (Å²) in [4.78, 5) is 23.8. The Kier molecular flexibility index (Phi) is 3.69. The van der Waals surface area contributed by atoms with Gasteiger partial charge in [0.05, 0.1) is 6.10 Å². The van der Waals surface area contributed by atoms with Crippen LogP contribution < -0.4 is 0 Å². The number of allylic oxidation sites excluding steroid dienone is 4. The molecular formula is C21H27FO5. The Balaban J connectivity index is 1.85. The molecule has 0 radical (unpaired) electrons. The van der Waals surface area contributed by atoms with E-state index >= 15 is 4.39 Å². The summed E-state index contributed by atoms with van der Waals surface area (Å²) in [5, 5.41) is 31.9. The largest absolute Gasteiger partial charge is 0.479 e. The summed E-state index contributed by atoms with van der Waals surface area (Å²) >= 11 is 0. The molecule has 0 saturated heterocycles. The highest BCUT2D eigenvalue weighted by molar-refractivity contribution is 6.01. The Morgan fingerprint density at radius 1 is 1.30 bits per heavy atom. The number of carbonyl (C=O) groups is 2.